The number of allylic oxidation sites excluding steroid dienone is 2. The van der Waals surface area contributed by atoms with E-state index in [4.69, 9.17) is 5.11 Å². The van der Waals surface area contributed by atoms with E-state index < -0.39 is 0 Å². The molecule has 0 amide bonds. The summed E-state index contributed by atoms with van der Waals surface area (Å²) >= 11 is 0. The highest BCUT2D eigenvalue weighted by atomic mass is 16.3. The largest absolute Gasteiger partial charge is 0.393 e. The third-order valence-electron chi connectivity index (χ3n) is 3.80. The fourth-order valence-corrected chi connectivity index (χ4v) is 2.94. The fraction of sp³-hybridized carbons (Fsp3) is 0.846. The first kappa shape index (κ1) is 11.2. The van der Waals surface area contributed by atoms with Gasteiger partial charge in [0.25, 0.3) is 0 Å². The lowest BCUT2D eigenvalue weighted by Crippen LogP contribution is -2.26. The molecule has 2 aliphatic carbocycles. The summed E-state index contributed by atoms with van der Waals surface area (Å²) in [5, 5.41) is 12.6. The summed E-state index contributed by atoms with van der Waals surface area (Å²) in [6.07, 6.45) is 9.48. The Balaban J connectivity index is 1.54. The van der Waals surface area contributed by atoms with Crippen molar-refractivity contribution in [2.45, 2.75) is 38.7 Å². The summed E-state index contributed by atoms with van der Waals surface area (Å²) < 4.78 is 0. The first-order valence-corrected chi connectivity index (χ1v) is 6.33. The zero-order chi connectivity index (χ0) is 10.7. The van der Waals surface area contributed by atoms with Gasteiger partial charge in [-0.1, -0.05) is 12.2 Å². The minimum Gasteiger partial charge on any atom is -0.393 e. The molecule has 2 rings (SSSR count). The summed E-state index contributed by atoms with van der Waals surface area (Å²) in [6.45, 7) is 4.09. The second kappa shape index (κ2) is 5.13. The molecule has 1 saturated carbocycles. The average Bonchev–Trinajstić information content (AvgIpc) is 2.78. The molecule has 0 aliphatic heterocycles. The maximum atomic E-state index is 9.11. The maximum Gasteiger partial charge on any atom is 0.0512 e. The number of hydrogen-bond acceptors (Lipinski definition) is 2. The van der Waals surface area contributed by atoms with Crippen molar-refractivity contribution in [2.75, 3.05) is 13.1 Å². The molecular formula is C13H23NO. The van der Waals surface area contributed by atoms with E-state index in [1.165, 1.54) is 19.4 Å². The second-order valence-electron chi connectivity index (χ2n) is 5.24. The van der Waals surface area contributed by atoms with Crippen molar-refractivity contribution >= 4 is 0 Å². The third-order valence-corrected chi connectivity index (χ3v) is 3.80. The minimum absolute atomic E-state index is 0.141. The van der Waals surface area contributed by atoms with Crippen molar-refractivity contribution in [2.24, 2.45) is 17.8 Å². The van der Waals surface area contributed by atoms with Crippen LogP contribution in [0.3, 0.4) is 0 Å². The van der Waals surface area contributed by atoms with Gasteiger partial charge in [0.2, 0.25) is 0 Å². The number of aliphatic hydroxyl groups excluding tert-OH is 1. The van der Waals surface area contributed by atoms with E-state index in [0.717, 1.165) is 37.1 Å². The Labute approximate surface area is 92.8 Å². The number of nitrogens with one attached hydrogen (secondary N) is 1. The zero-order valence-corrected chi connectivity index (χ0v) is 9.65. The predicted molar refractivity (Wildman–Crippen MR) is 62.6 cm³/mol. The van der Waals surface area contributed by atoms with E-state index in [2.05, 4.69) is 17.5 Å². The molecule has 0 spiro atoms. The Morgan fingerprint density at radius 3 is 2.87 bits per heavy atom. The number of fused-ring (bicyclic) bond motifs is 2. The molecule has 0 aromatic rings. The highest BCUT2D eigenvalue weighted by Gasteiger charge is 2.34. The highest BCUT2D eigenvalue weighted by Crippen LogP contribution is 2.42. The maximum absolute atomic E-state index is 9.11. The molecule has 2 aliphatic rings. The molecule has 0 saturated heterocycles. The van der Waals surface area contributed by atoms with Gasteiger partial charge in [0.1, 0.15) is 0 Å². The van der Waals surface area contributed by atoms with Gasteiger partial charge in [-0.3, -0.25) is 0 Å². The van der Waals surface area contributed by atoms with Crippen LogP contribution >= 0.6 is 0 Å². The fourth-order valence-electron chi connectivity index (χ4n) is 2.94. The molecule has 1 fully saturated rings. The summed E-state index contributed by atoms with van der Waals surface area (Å²) in [4.78, 5) is 0. The summed E-state index contributed by atoms with van der Waals surface area (Å²) in [5.41, 5.74) is 0. The van der Waals surface area contributed by atoms with Crippen LogP contribution in [0.5, 0.6) is 0 Å². The van der Waals surface area contributed by atoms with Crippen LogP contribution in [0, 0.1) is 17.8 Å². The lowest BCUT2D eigenvalue weighted by molar-refractivity contribution is 0.181. The highest BCUT2D eigenvalue weighted by molar-refractivity contribution is 5.10. The van der Waals surface area contributed by atoms with Crippen LogP contribution in [0.15, 0.2) is 12.2 Å². The Kier molecular flexibility index (Phi) is 3.81. The Morgan fingerprint density at radius 1 is 1.40 bits per heavy atom. The SMILES string of the molecule is CC(O)CCCNCC1CC2C=CC1C2. The smallest absolute Gasteiger partial charge is 0.0512 e. The second-order valence-corrected chi connectivity index (χ2v) is 5.24. The molecule has 2 bridgehead atoms. The minimum atomic E-state index is -0.141. The zero-order valence-electron chi connectivity index (χ0n) is 9.65. The molecule has 4 unspecified atom stereocenters. The van der Waals surface area contributed by atoms with Crippen LogP contribution in [0.1, 0.15) is 32.6 Å². The van der Waals surface area contributed by atoms with Gasteiger partial charge in [-0.05, 0) is 63.5 Å². The Bertz CT molecular complexity index is 225. The first-order valence-electron chi connectivity index (χ1n) is 6.33. The molecule has 0 aromatic heterocycles. The molecule has 2 nitrogen and oxygen atoms in total. The number of rotatable bonds is 6. The van der Waals surface area contributed by atoms with E-state index in [0.29, 0.717) is 0 Å². The third kappa shape index (κ3) is 3.05. The summed E-state index contributed by atoms with van der Waals surface area (Å²) in [5.74, 6) is 2.63. The van der Waals surface area contributed by atoms with Gasteiger partial charge < -0.3 is 10.4 Å². The van der Waals surface area contributed by atoms with Gasteiger partial charge >= 0.3 is 0 Å². The predicted octanol–water partition coefficient (Wildman–Crippen LogP) is 1.95. The van der Waals surface area contributed by atoms with E-state index >= 15 is 0 Å². The van der Waals surface area contributed by atoms with Gasteiger partial charge in [-0.25, -0.2) is 0 Å². The van der Waals surface area contributed by atoms with Crippen LogP contribution in [-0.4, -0.2) is 24.3 Å². The van der Waals surface area contributed by atoms with Crippen LogP contribution in [-0.2, 0) is 0 Å². The van der Waals surface area contributed by atoms with Gasteiger partial charge in [0.15, 0.2) is 0 Å². The van der Waals surface area contributed by atoms with Crippen molar-refractivity contribution < 1.29 is 5.11 Å². The molecule has 0 aromatic carbocycles. The van der Waals surface area contributed by atoms with Gasteiger partial charge in [0.05, 0.1) is 6.10 Å². The van der Waals surface area contributed by atoms with E-state index in [1.54, 1.807) is 0 Å². The lowest BCUT2D eigenvalue weighted by atomic mass is 9.93. The lowest BCUT2D eigenvalue weighted by Gasteiger charge is -2.18. The quantitative estimate of drug-likeness (QED) is 0.517. The Hall–Kier alpha value is -0.340. The molecule has 4 atom stereocenters. The normalized spacial score (nSPS) is 34.9. The summed E-state index contributed by atoms with van der Waals surface area (Å²) in [7, 11) is 0. The van der Waals surface area contributed by atoms with Gasteiger partial charge in [-0.2, -0.15) is 0 Å². The van der Waals surface area contributed by atoms with E-state index in [-0.39, 0.29) is 6.10 Å². The number of hydrogen-bond donors (Lipinski definition) is 2. The average molecular weight is 209 g/mol. The van der Waals surface area contributed by atoms with Crippen LogP contribution in [0.2, 0.25) is 0 Å². The topological polar surface area (TPSA) is 32.3 Å². The van der Waals surface area contributed by atoms with Crippen molar-refractivity contribution in [1.82, 2.24) is 5.32 Å². The van der Waals surface area contributed by atoms with Crippen molar-refractivity contribution in [1.29, 1.82) is 0 Å². The van der Waals surface area contributed by atoms with Crippen molar-refractivity contribution in [3.05, 3.63) is 12.2 Å². The van der Waals surface area contributed by atoms with Crippen LogP contribution in [0.25, 0.3) is 0 Å². The Morgan fingerprint density at radius 2 is 2.27 bits per heavy atom. The number of aliphatic hydroxyl groups is 1. The summed E-state index contributed by atoms with van der Waals surface area (Å²) in [6, 6.07) is 0. The van der Waals surface area contributed by atoms with E-state index in [1.807, 2.05) is 6.92 Å². The molecule has 2 heteroatoms. The van der Waals surface area contributed by atoms with Gasteiger partial charge in [-0.15, -0.1) is 0 Å². The van der Waals surface area contributed by atoms with Gasteiger partial charge in [0, 0.05) is 0 Å². The molecule has 0 heterocycles. The van der Waals surface area contributed by atoms with Crippen molar-refractivity contribution in [3.8, 4) is 0 Å². The molecule has 86 valence electrons. The molecule has 0 radical (unpaired) electrons. The molecule has 15 heavy (non-hydrogen) atoms. The molecule has 2 N–H and O–H groups in total. The van der Waals surface area contributed by atoms with Crippen LogP contribution in [0.4, 0.5) is 0 Å². The standard InChI is InChI=1S/C13H23NO/c1-10(15)3-2-6-14-9-13-8-11-4-5-12(13)7-11/h4-5,10-15H,2-3,6-9H2,1H3. The molecular weight excluding hydrogens is 186 g/mol. The monoisotopic (exact) mass is 209 g/mol. The van der Waals surface area contributed by atoms with Crippen molar-refractivity contribution in [3.63, 3.8) is 0 Å². The van der Waals surface area contributed by atoms with Crippen LogP contribution < -0.4 is 5.32 Å². The van der Waals surface area contributed by atoms with E-state index in [9.17, 15) is 0 Å². The first-order chi connectivity index (χ1) is 7.25.